The number of rotatable bonds is 9. The predicted octanol–water partition coefficient (Wildman–Crippen LogP) is 4.92. The molecule has 0 aliphatic heterocycles. The van der Waals surface area contributed by atoms with Gasteiger partial charge in [0.2, 0.25) is 0 Å². The monoisotopic (exact) mass is 477 g/mol. The molecule has 0 spiro atoms. The average molecular weight is 478 g/mol. The van der Waals surface area contributed by atoms with Gasteiger partial charge in [-0.05, 0) is 73.1 Å². The lowest BCUT2D eigenvalue weighted by Crippen LogP contribution is -2.19. The van der Waals surface area contributed by atoms with Crippen LogP contribution in [-0.4, -0.2) is 44.7 Å². The Balaban J connectivity index is 1.66. The van der Waals surface area contributed by atoms with Crippen LogP contribution in [0.2, 0.25) is 0 Å². The summed E-state index contributed by atoms with van der Waals surface area (Å²) in [6.45, 7) is 2.04. The fraction of sp³-hybridized carbons (Fsp3) is 0.357. The molecule has 184 valence electrons. The molecule has 1 heterocycles. The number of aromatic amines is 1. The summed E-state index contributed by atoms with van der Waals surface area (Å²) < 4.78 is 21.4. The number of methoxy groups -OCH3 is 3. The second kappa shape index (κ2) is 10.7. The van der Waals surface area contributed by atoms with E-state index in [1.165, 1.54) is 0 Å². The number of hydrogen-bond donors (Lipinski definition) is 1. The van der Waals surface area contributed by atoms with Gasteiger partial charge >= 0.3 is 5.97 Å². The molecule has 0 saturated heterocycles. The number of benzene rings is 2. The normalized spacial score (nSPS) is 14.9. The van der Waals surface area contributed by atoms with Crippen molar-refractivity contribution in [2.45, 2.75) is 38.5 Å². The highest BCUT2D eigenvalue weighted by Gasteiger charge is 2.34. The molecule has 1 N–H and O–H groups in total. The number of aryl methyl sites for hydroxylation is 1. The van der Waals surface area contributed by atoms with Crippen molar-refractivity contribution in [2.24, 2.45) is 0 Å². The van der Waals surface area contributed by atoms with Crippen LogP contribution in [0, 0.1) is 0 Å². The molecule has 2 aromatic carbocycles. The Hall–Kier alpha value is -3.74. The Labute approximate surface area is 205 Å². The fourth-order valence-electron chi connectivity index (χ4n) is 4.80. The first kappa shape index (κ1) is 24.4. The lowest BCUT2D eigenvalue weighted by atomic mass is 9.80. The van der Waals surface area contributed by atoms with Crippen molar-refractivity contribution >= 4 is 11.8 Å². The summed E-state index contributed by atoms with van der Waals surface area (Å²) in [5.41, 5.74) is 4.59. The molecule has 3 aromatic rings. The molecule has 0 amide bonds. The van der Waals surface area contributed by atoms with Gasteiger partial charge in [-0.3, -0.25) is 4.79 Å². The number of aromatic nitrogens is 1. The highest BCUT2D eigenvalue weighted by molar-refractivity contribution is 6.04. The van der Waals surface area contributed by atoms with E-state index in [0.29, 0.717) is 48.4 Å². The Morgan fingerprint density at radius 2 is 1.77 bits per heavy atom. The van der Waals surface area contributed by atoms with Crippen LogP contribution in [-0.2, 0) is 24.0 Å². The summed E-state index contributed by atoms with van der Waals surface area (Å²) in [6.07, 6.45) is 2.18. The number of ketones is 1. The quantitative estimate of drug-likeness (QED) is 0.441. The minimum Gasteiger partial charge on any atom is -0.497 e. The smallest absolute Gasteiger partial charge is 0.355 e. The zero-order valence-corrected chi connectivity index (χ0v) is 20.6. The Morgan fingerprint density at radius 3 is 2.49 bits per heavy atom. The summed E-state index contributed by atoms with van der Waals surface area (Å²) in [5, 5.41) is 0. The number of H-pyrrole nitrogens is 1. The largest absolute Gasteiger partial charge is 0.497 e. The first-order chi connectivity index (χ1) is 17.0. The maximum atomic E-state index is 13.4. The zero-order valence-electron chi connectivity index (χ0n) is 20.6. The van der Waals surface area contributed by atoms with Gasteiger partial charge in [0.25, 0.3) is 0 Å². The second-order valence-corrected chi connectivity index (χ2v) is 8.55. The van der Waals surface area contributed by atoms with E-state index in [9.17, 15) is 9.59 Å². The zero-order chi connectivity index (χ0) is 24.9. The van der Waals surface area contributed by atoms with E-state index in [1.54, 1.807) is 28.3 Å². The van der Waals surface area contributed by atoms with Crippen LogP contribution in [0.5, 0.6) is 17.2 Å². The molecule has 1 aromatic heterocycles. The molecule has 1 aliphatic carbocycles. The van der Waals surface area contributed by atoms with Crippen LogP contribution in [0.1, 0.15) is 62.5 Å². The van der Waals surface area contributed by atoms with E-state index in [4.69, 9.17) is 18.9 Å². The van der Waals surface area contributed by atoms with Crippen LogP contribution in [0.15, 0.2) is 42.5 Å². The first-order valence-electron chi connectivity index (χ1n) is 11.8. The highest BCUT2D eigenvalue weighted by atomic mass is 16.5. The van der Waals surface area contributed by atoms with E-state index in [0.717, 1.165) is 28.1 Å². The number of carbonyl (C=O) groups excluding carboxylic acids is 2. The Bertz CT molecular complexity index is 1230. The van der Waals surface area contributed by atoms with Gasteiger partial charge in [-0.25, -0.2) is 4.79 Å². The molecule has 7 nitrogen and oxygen atoms in total. The molecule has 1 aliphatic rings. The third-order valence-corrected chi connectivity index (χ3v) is 6.50. The molecule has 0 bridgehead atoms. The van der Waals surface area contributed by atoms with Gasteiger partial charge in [0, 0.05) is 17.7 Å². The van der Waals surface area contributed by atoms with Crippen molar-refractivity contribution in [3.63, 3.8) is 0 Å². The van der Waals surface area contributed by atoms with Gasteiger partial charge in [0.05, 0.1) is 27.9 Å². The maximum Gasteiger partial charge on any atom is 0.355 e. The van der Waals surface area contributed by atoms with Crippen molar-refractivity contribution in [2.75, 3.05) is 27.9 Å². The van der Waals surface area contributed by atoms with Crippen LogP contribution < -0.4 is 14.2 Å². The van der Waals surface area contributed by atoms with Crippen molar-refractivity contribution in [3.05, 3.63) is 76.1 Å². The summed E-state index contributed by atoms with van der Waals surface area (Å²) in [6, 6.07) is 13.5. The van der Waals surface area contributed by atoms with E-state index >= 15 is 0 Å². The van der Waals surface area contributed by atoms with Gasteiger partial charge in [0.15, 0.2) is 17.3 Å². The molecule has 4 rings (SSSR count). The van der Waals surface area contributed by atoms with E-state index in [1.807, 2.05) is 42.5 Å². The Kier molecular flexibility index (Phi) is 7.44. The topological polar surface area (TPSA) is 86.9 Å². The van der Waals surface area contributed by atoms with E-state index in [-0.39, 0.29) is 18.3 Å². The number of nitrogens with one attached hydrogen (secondary N) is 1. The minimum absolute atomic E-state index is 0.0264. The predicted molar refractivity (Wildman–Crippen MR) is 132 cm³/mol. The first-order valence-corrected chi connectivity index (χ1v) is 11.8. The SMILES string of the molecule is CCOC(=O)c1[nH]c2c(c1CCc1cccc(OC)c1)C(=O)CC(c1ccc(OC)c(OC)c1)C2. The van der Waals surface area contributed by atoms with E-state index < -0.39 is 5.97 Å². The summed E-state index contributed by atoms with van der Waals surface area (Å²) in [4.78, 5) is 29.5. The molecule has 0 saturated carbocycles. The molecule has 35 heavy (non-hydrogen) atoms. The van der Waals surface area contributed by atoms with Crippen LogP contribution in [0.25, 0.3) is 0 Å². The standard InChI is InChI=1S/C28H31NO6/c1-5-35-28(31)27-21(11-9-17-7-6-8-20(13-17)32-2)26-22(29-27)14-19(15-23(26)30)18-10-12-24(33-3)25(16-18)34-4/h6-8,10,12-13,16,19,29H,5,9,11,14-15H2,1-4H3. The molecule has 1 unspecified atom stereocenters. The molecular formula is C28H31NO6. The van der Waals surface area contributed by atoms with Crippen molar-refractivity contribution in [1.82, 2.24) is 4.98 Å². The molecular weight excluding hydrogens is 446 g/mol. The van der Waals surface area contributed by atoms with Crippen molar-refractivity contribution in [1.29, 1.82) is 0 Å². The lowest BCUT2D eigenvalue weighted by molar-refractivity contribution is 0.0518. The van der Waals surface area contributed by atoms with Crippen LogP contribution in [0.4, 0.5) is 0 Å². The van der Waals surface area contributed by atoms with Crippen LogP contribution >= 0.6 is 0 Å². The minimum atomic E-state index is -0.432. The third kappa shape index (κ3) is 5.04. The van der Waals surface area contributed by atoms with Gasteiger partial charge < -0.3 is 23.9 Å². The number of ether oxygens (including phenoxy) is 4. The van der Waals surface area contributed by atoms with E-state index in [2.05, 4.69) is 4.98 Å². The van der Waals surface area contributed by atoms with Gasteiger partial charge in [-0.1, -0.05) is 18.2 Å². The molecule has 0 radical (unpaired) electrons. The summed E-state index contributed by atoms with van der Waals surface area (Å²) in [5.74, 6) is 1.61. The second-order valence-electron chi connectivity index (χ2n) is 8.55. The van der Waals surface area contributed by atoms with Crippen molar-refractivity contribution in [3.8, 4) is 17.2 Å². The molecule has 0 fully saturated rings. The Morgan fingerprint density at radius 1 is 0.971 bits per heavy atom. The number of hydrogen-bond acceptors (Lipinski definition) is 6. The molecule has 1 atom stereocenters. The number of Topliss-reactive ketones (excluding diaryl/α,β-unsaturated/α-hetero) is 1. The number of esters is 1. The van der Waals surface area contributed by atoms with Gasteiger partial charge in [0.1, 0.15) is 11.4 Å². The lowest BCUT2D eigenvalue weighted by Gasteiger charge is -2.23. The van der Waals surface area contributed by atoms with Crippen LogP contribution in [0.3, 0.4) is 0 Å². The highest BCUT2D eigenvalue weighted by Crippen LogP contribution is 2.39. The number of fused-ring (bicyclic) bond motifs is 1. The summed E-state index contributed by atoms with van der Waals surface area (Å²) in [7, 11) is 4.82. The number of carbonyl (C=O) groups is 2. The third-order valence-electron chi connectivity index (χ3n) is 6.50. The van der Waals surface area contributed by atoms with Gasteiger partial charge in [-0.2, -0.15) is 0 Å². The summed E-state index contributed by atoms with van der Waals surface area (Å²) >= 11 is 0. The van der Waals surface area contributed by atoms with Gasteiger partial charge in [-0.15, -0.1) is 0 Å². The molecule has 7 heteroatoms. The average Bonchev–Trinajstić information content (AvgIpc) is 3.26. The van der Waals surface area contributed by atoms with Crippen molar-refractivity contribution < 1.29 is 28.5 Å². The fourth-order valence-corrected chi connectivity index (χ4v) is 4.80. The maximum absolute atomic E-state index is 13.4.